The molecule has 0 bridgehead atoms. The van der Waals surface area contributed by atoms with Crippen LogP contribution in [0.1, 0.15) is 42.6 Å². The van der Waals surface area contributed by atoms with Crippen molar-refractivity contribution in [2.45, 2.75) is 38.3 Å². The Labute approximate surface area is 160 Å². The minimum Gasteiger partial charge on any atom is -0.347 e. The minimum atomic E-state index is -4.44. The number of piperidine rings is 1. The van der Waals surface area contributed by atoms with Crippen LogP contribution in [0.3, 0.4) is 0 Å². The molecule has 152 valence electrons. The fourth-order valence-corrected chi connectivity index (χ4v) is 3.56. The summed E-state index contributed by atoms with van der Waals surface area (Å²) in [5, 5.41) is 4.69. The molecule has 0 aromatic heterocycles. The predicted octanol–water partition coefficient (Wildman–Crippen LogP) is 2.45. The van der Waals surface area contributed by atoms with Crippen LogP contribution >= 0.6 is 0 Å². The van der Waals surface area contributed by atoms with Crippen molar-refractivity contribution in [1.29, 1.82) is 0 Å². The smallest absolute Gasteiger partial charge is 0.347 e. The first-order chi connectivity index (χ1) is 13.0. The van der Waals surface area contributed by atoms with Crippen LogP contribution in [0.15, 0.2) is 18.2 Å². The topological polar surface area (TPSA) is 78.5 Å². The van der Waals surface area contributed by atoms with Gasteiger partial charge in [-0.15, -0.1) is 0 Å². The van der Waals surface area contributed by atoms with E-state index in [4.69, 9.17) is 0 Å². The van der Waals surface area contributed by atoms with Crippen LogP contribution in [-0.4, -0.2) is 48.4 Å². The first-order valence-electron chi connectivity index (χ1n) is 9.09. The standard InChI is InChI=1S/C19H22F3N3O3/c1-18(2)13-9-12(3-4-14(13)24-17(18)28)16(27)25-7-5-11(6-8-25)15(26)23-10-19(20,21)22/h3-4,9,11H,5-8,10H2,1-2H3,(H,23,26)(H,24,28). The maximum Gasteiger partial charge on any atom is 0.405 e. The fourth-order valence-electron chi connectivity index (χ4n) is 3.56. The van der Waals surface area contributed by atoms with E-state index < -0.39 is 30.0 Å². The number of nitrogens with one attached hydrogen (secondary N) is 2. The number of likely N-dealkylation sites (tertiary alicyclic amines) is 1. The van der Waals surface area contributed by atoms with Gasteiger partial charge in [0.25, 0.3) is 5.91 Å². The fraction of sp³-hybridized carbons (Fsp3) is 0.526. The highest BCUT2D eigenvalue weighted by atomic mass is 19.4. The lowest BCUT2D eigenvalue weighted by Crippen LogP contribution is -2.44. The van der Waals surface area contributed by atoms with Crippen LogP contribution in [0.5, 0.6) is 0 Å². The largest absolute Gasteiger partial charge is 0.405 e. The second-order valence-electron chi connectivity index (χ2n) is 7.74. The number of nitrogens with zero attached hydrogens (tertiary/aromatic N) is 1. The number of halogens is 3. The average molecular weight is 397 g/mol. The van der Waals surface area contributed by atoms with E-state index in [1.54, 1.807) is 36.9 Å². The zero-order chi connectivity index (χ0) is 20.7. The first kappa shape index (κ1) is 20.2. The average Bonchev–Trinajstić information content (AvgIpc) is 2.87. The molecule has 0 spiro atoms. The SMILES string of the molecule is CC1(C)C(=O)Nc2ccc(C(=O)N3CCC(C(=O)NCC(F)(F)F)CC3)cc21. The zero-order valence-electron chi connectivity index (χ0n) is 15.7. The van der Waals surface area contributed by atoms with E-state index in [1.807, 2.05) is 5.32 Å². The quantitative estimate of drug-likeness (QED) is 0.823. The Balaban J connectivity index is 1.61. The van der Waals surface area contributed by atoms with Crippen LogP contribution in [0.2, 0.25) is 0 Å². The molecule has 3 amide bonds. The van der Waals surface area contributed by atoms with Crippen molar-refractivity contribution < 1.29 is 27.6 Å². The highest BCUT2D eigenvalue weighted by molar-refractivity contribution is 6.07. The zero-order valence-corrected chi connectivity index (χ0v) is 15.7. The van der Waals surface area contributed by atoms with Crippen LogP contribution in [-0.2, 0) is 15.0 Å². The van der Waals surface area contributed by atoms with Crippen molar-refractivity contribution in [3.63, 3.8) is 0 Å². The highest BCUT2D eigenvalue weighted by Crippen LogP contribution is 2.38. The van der Waals surface area contributed by atoms with Gasteiger partial charge >= 0.3 is 6.18 Å². The van der Waals surface area contributed by atoms with Gasteiger partial charge in [0.2, 0.25) is 11.8 Å². The molecule has 0 saturated carbocycles. The number of benzene rings is 1. The molecular formula is C19H22F3N3O3. The molecule has 0 aliphatic carbocycles. The number of alkyl halides is 3. The summed E-state index contributed by atoms with van der Waals surface area (Å²) in [5.74, 6) is -1.51. The molecule has 28 heavy (non-hydrogen) atoms. The third-order valence-electron chi connectivity index (χ3n) is 5.37. The van der Waals surface area contributed by atoms with Gasteiger partial charge in [-0.2, -0.15) is 13.2 Å². The normalized spacial score (nSPS) is 19.2. The Morgan fingerprint density at radius 2 is 1.89 bits per heavy atom. The number of anilines is 1. The first-order valence-corrected chi connectivity index (χ1v) is 9.09. The number of amides is 3. The van der Waals surface area contributed by atoms with Gasteiger partial charge in [-0.25, -0.2) is 0 Å². The lowest BCUT2D eigenvalue weighted by Gasteiger charge is -2.31. The molecule has 0 radical (unpaired) electrons. The maximum atomic E-state index is 12.8. The highest BCUT2D eigenvalue weighted by Gasteiger charge is 2.39. The lowest BCUT2D eigenvalue weighted by atomic mass is 9.85. The van der Waals surface area contributed by atoms with Gasteiger partial charge < -0.3 is 15.5 Å². The summed E-state index contributed by atoms with van der Waals surface area (Å²) in [6.45, 7) is 2.81. The van der Waals surface area contributed by atoms with Crippen molar-refractivity contribution in [2.75, 3.05) is 25.0 Å². The summed E-state index contributed by atoms with van der Waals surface area (Å²) in [4.78, 5) is 38.3. The Hall–Kier alpha value is -2.58. The van der Waals surface area contributed by atoms with E-state index in [0.29, 0.717) is 37.2 Å². The van der Waals surface area contributed by atoms with Gasteiger partial charge in [-0.3, -0.25) is 14.4 Å². The molecule has 0 atom stereocenters. The van der Waals surface area contributed by atoms with E-state index >= 15 is 0 Å². The van der Waals surface area contributed by atoms with Crippen LogP contribution in [0.4, 0.5) is 18.9 Å². The Morgan fingerprint density at radius 3 is 2.50 bits per heavy atom. The molecular weight excluding hydrogens is 375 g/mol. The summed E-state index contributed by atoms with van der Waals surface area (Å²) in [6, 6.07) is 5.05. The molecule has 1 aromatic rings. The molecule has 2 heterocycles. The van der Waals surface area contributed by atoms with Gasteiger partial charge in [0.1, 0.15) is 6.54 Å². The summed E-state index contributed by atoms with van der Waals surface area (Å²) in [6.07, 6.45) is -3.82. The van der Waals surface area contributed by atoms with Gasteiger partial charge in [-0.1, -0.05) is 0 Å². The van der Waals surface area contributed by atoms with Gasteiger partial charge in [-0.05, 0) is 50.5 Å². The second kappa shape index (κ2) is 7.10. The molecule has 2 aliphatic heterocycles. The Bertz CT molecular complexity index is 812. The van der Waals surface area contributed by atoms with Crippen LogP contribution in [0.25, 0.3) is 0 Å². The van der Waals surface area contributed by atoms with E-state index in [-0.39, 0.29) is 11.8 Å². The molecule has 2 aliphatic rings. The van der Waals surface area contributed by atoms with E-state index in [9.17, 15) is 27.6 Å². The third kappa shape index (κ3) is 3.98. The van der Waals surface area contributed by atoms with Gasteiger partial charge in [0.05, 0.1) is 5.41 Å². The molecule has 6 nitrogen and oxygen atoms in total. The molecule has 3 rings (SSSR count). The van der Waals surface area contributed by atoms with Crippen molar-refractivity contribution >= 4 is 23.4 Å². The van der Waals surface area contributed by atoms with Crippen molar-refractivity contribution in [1.82, 2.24) is 10.2 Å². The van der Waals surface area contributed by atoms with Gasteiger partial charge in [0.15, 0.2) is 0 Å². The monoisotopic (exact) mass is 397 g/mol. The summed E-state index contributed by atoms with van der Waals surface area (Å²) in [7, 11) is 0. The molecule has 0 unspecified atom stereocenters. The summed E-state index contributed by atoms with van der Waals surface area (Å²) in [5.41, 5.74) is 1.16. The predicted molar refractivity (Wildman–Crippen MR) is 95.8 cm³/mol. The summed E-state index contributed by atoms with van der Waals surface area (Å²) < 4.78 is 36.7. The number of hydrogen-bond donors (Lipinski definition) is 2. The Morgan fingerprint density at radius 1 is 1.25 bits per heavy atom. The molecule has 1 aromatic carbocycles. The maximum absolute atomic E-state index is 12.8. The van der Waals surface area contributed by atoms with Crippen molar-refractivity contribution in [3.05, 3.63) is 29.3 Å². The number of hydrogen-bond acceptors (Lipinski definition) is 3. The molecule has 9 heteroatoms. The van der Waals surface area contributed by atoms with Crippen LogP contribution < -0.4 is 10.6 Å². The van der Waals surface area contributed by atoms with Crippen LogP contribution in [0, 0.1) is 5.92 Å². The van der Waals surface area contributed by atoms with E-state index in [2.05, 4.69) is 5.32 Å². The number of fused-ring (bicyclic) bond motifs is 1. The lowest BCUT2D eigenvalue weighted by molar-refractivity contribution is -0.141. The summed E-state index contributed by atoms with van der Waals surface area (Å²) >= 11 is 0. The molecule has 1 saturated heterocycles. The third-order valence-corrected chi connectivity index (χ3v) is 5.37. The molecule has 1 fully saturated rings. The van der Waals surface area contributed by atoms with Gasteiger partial charge in [0, 0.05) is 30.3 Å². The minimum absolute atomic E-state index is 0.127. The Kier molecular flexibility index (Phi) is 5.12. The van der Waals surface area contributed by atoms with E-state index in [0.717, 1.165) is 5.56 Å². The van der Waals surface area contributed by atoms with Crippen molar-refractivity contribution in [3.8, 4) is 0 Å². The number of carbonyl (C=O) groups is 3. The van der Waals surface area contributed by atoms with E-state index in [1.165, 1.54) is 0 Å². The molecule has 2 N–H and O–H groups in total. The second-order valence-corrected chi connectivity index (χ2v) is 7.74. The number of carbonyl (C=O) groups excluding carboxylic acids is 3. The van der Waals surface area contributed by atoms with Crippen molar-refractivity contribution in [2.24, 2.45) is 5.92 Å². The number of rotatable bonds is 3.